The summed E-state index contributed by atoms with van der Waals surface area (Å²) in [7, 11) is 1.61. The second-order valence-corrected chi connectivity index (χ2v) is 6.53. The number of amides is 2. The molecule has 0 heterocycles. The van der Waals surface area contributed by atoms with Crippen LogP contribution in [0.2, 0.25) is 0 Å². The number of ether oxygens (including phenoxy) is 1. The predicted octanol–water partition coefficient (Wildman–Crippen LogP) is 4.85. The standard InChI is InChI=1S/C21H26N2O2/c1-3-20(17-12-11-15-7-4-5-8-16(15)13-17)23-21(24)22-18-9-6-10-19(14-18)25-2/h6,9-14,20H,3-5,7-8H2,1-2H3,(H2,22,23,24)/t20-/m1/s1. The average Bonchev–Trinajstić information content (AvgIpc) is 2.66. The van der Waals surface area contributed by atoms with E-state index in [4.69, 9.17) is 4.74 Å². The van der Waals surface area contributed by atoms with Crippen molar-refractivity contribution < 1.29 is 9.53 Å². The van der Waals surface area contributed by atoms with Crippen LogP contribution in [-0.2, 0) is 12.8 Å². The largest absolute Gasteiger partial charge is 0.497 e. The van der Waals surface area contributed by atoms with Gasteiger partial charge in [-0.1, -0.05) is 31.2 Å². The Morgan fingerprint density at radius 2 is 1.92 bits per heavy atom. The highest BCUT2D eigenvalue weighted by molar-refractivity contribution is 5.89. The van der Waals surface area contributed by atoms with Gasteiger partial charge in [-0.25, -0.2) is 4.79 Å². The van der Waals surface area contributed by atoms with E-state index in [0.29, 0.717) is 0 Å². The fraction of sp³-hybridized carbons (Fsp3) is 0.381. The van der Waals surface area contributed by atoms with Crippen molar-refractivity contribution in [3.8, 4) is 5.75 Å². The first-order valence-electron chi connectivity index (χ1n) is 9.03. The number of rotatable bonds is 5. The number of carbonyl (C=O) groups is 1. The third kappa shape index (κ3) is 4.32. The van der Waals surface area contributed by atoms with Crippen LogP contribution in [0, 0.1) is 0 Å². The van der Waals surface area contributed by atoms with Crippen LogP contribution in [0.3, 0.4) is 0 Å². The van der Waals surface area contributed by atoms with Gasteiger partial charge in [0.15, 0.2) is 0 Å². The molecule has 2 aromatic rings. The molecule has 25 heavy (non-hydrogen) atoms. The Morgan fingerprint density at radius 3 is 2.68 bits per heavy atom. The first kappa shape index (κ1) is 17.3. The van der Waals surface area contributed by atoms with Crippen LogP contribution in [0.15, 0.2) is 42.5 Å². The minimum absolute atomic E-state index is 0.0119. The Balaban J connectivity index is 1.68. The van der Waals surface area contributed by atoms with E-state index in [0.717, 1.165) is 24.3 Å². The summed E-state index contributed by atoms with van der Waals surface area (Å²) in [6, 6.07) is 13.8. The molecule has 4 heteroatoms. The van der Waals surface area contributed by atoms with Crippen LogP contribution < -0.4 is 15.4 Å². The molecule has 0 saturated carbocycles. The van der Waals surface area contributed by atoms with E-state index in [2.05, 4.69) is 35.8 Å². The SMILES string of the molecule is CC[C@@H](NC(=O)Nc1cccc(OC)c1)c1ccc2c(c1)CCCC2. The van der Waals surface area contributed by atoms with Crippen LogP contribution >= 0.6 is 0 Å². The summed E-state index contributed by atoms with van der Waals surface area (Å²) in [5.74, 6) is 0.722. The molecular weight excluding hydrogens is 312 g/mol. The quantitative estimate of drug-likeness (QED) is 0.819. The van der Waals surface area contributed by atoms with Gasteiger partial charge in [-0.2, -0.15) is 0 Å². The van der Waals surface area contributed by atoms with Crippen LogP contribution in [0.4, 0.5) is 10.5 Å². The lowest BCUT2D eigenvalue weighted by Crippen LogP contribution is -2.32. The smallest absolute Gasteiger partial charge is 0.319 e. The molecule has 1 aliphatic rings. The lowest BCUT2D eigenvalue weighted by molar-refractivity contribution is 0.248. The Hall–Kier alpha value is -2.49. The molecule has 3 rings (SSSR count). The normalized spacial score (nSPS) is 14.3. The van der Waals surface area contributed by atoms with Crippen molar-refractivity contribution in [1.82, 2.24) is 5.32 Å². The van der Waals surface area contributed by atoms with E-state index in [1.165, 1.54) is 36.0 Å². The van der Waals surface area contributed by atoms with Crippen molar-refractivity contribution in [3.05, 3.63) is 59.2 Å². The van der Waals surface area contributed by atoms with Crippen molar-refractivity contribution in [2.75, 3.05) is 12.4 Å². The lowest BCUT2D eigenvalue weighted by Gasteiger charge is -2.22. The van der Waals surface area contributed by atoms with Gasteiger partial charge in [0.1, 0.15) is 5.75 Å². The van der Waals surface area contributed by atoms with Gasteiger partial charge < -0.3 is 15.4 Å². The molecule has 0 bridgehead atoms. The van der Waals surface area contributed by atoms with Gasteiger partial charge in [-0.15, -0.1) is 0 Å². The molecular formula is C21H26N2O2. The Bertz CT molecular complexity index is 742. The summed E-state index contributed by atoms with van der Waals surface area (Å²) in [5.41, 5.74) is 4.81. The van der Waals surface area contributed by atoms with Gasteiger partial charge in [0, 0.05) is 11.8 Å². The van der Waals surface area contributed by atoms with E-state index >= 15 is 0 Å². The van der Waals surface area contributed by atoms with Gasteiger partial charge in [-0.3, -0.25) is 0 Å². The molecule has 2 amide bonds. The number of aryl methyl sites for hydroxylation is 2. The number of methoxy groups -OCH3 is 1. The topological polar surface area (TPSA) is 50.4 Å². The van der Waals surface area contributed by atoms with Crippen molar-refractivity contribution >= 4 is 11.7 Å². The lowest BCUT2D eigenvalue weighted by atomic mass is 9.89. The number of fused-ring (bicyclic) bond motifs is 1. The first-order chi connectivity index (χ1) is 12.2. The predicted molar refractivity (Wildman–Crippen MR) is 101 cm³/mol. The molecule has 0 aromatic heterocycles. The first-order valence-corrected chi connectivity index (χ1v) is 9.03. The summed E-state index contributed by atoms with van der Waals surface area (Å²) >= 11 is 0. The molecule has 4 nitrogen and oxygen atoms in total. The zero-order chi connectivity index (χ0) is 17.6. The van der Waals surface area contributed by atoms with Gasteiger partial charge >= 0.3 is 6.03 Å². The van der Waals surface area contributed by atoms with E-state index in [-0.39, 0.29) is 12.1 Å². The molecule has 0 saturated heterocycles. The molecule has 0 radical (unpaired) electrons. The van der Waals surface area contributed by atoms with Crippen molar-refractivity contribution in [3.63, 3.8) is 0 Å². The fourth-order valence-corrected chi connectivity index (χ4v) is 3.42. The number of hydrogen-bond acceptors (Lipinski definition) is 2. The highest BCUT2D eigenvalue weighted by Crippen LogP contribution is 2.26. The summed E-state index contributed by atoms with van der Waals surface area (Å²) in [6.07, 6.45) is 5.72. The Kier molecular flexibility index (Phi) is 5.59. The van der Waals surface area contributed by atoms with Crippen LogP contribution in [-0.4, -0.2) is 13.1 Å². The maximum Gasteiger partial charge on any atom is 0.319 e. The molecule has 0 aliphatic heterocycles. The molecule has 0 fully saturated rings. The Labute approximate surface area is 149 Å². The van der Waals surface area contributed by atoms with E-state index < -0.39 is 0 Å². The number of carbonyl (C=O) groups excluding carboxylic acids is 1. The van der Waals surface area contributed by atoms with Crippen LogP contribution in [0.25, 0.3) is 0 Å². The van der Waals surface area contributed by atoms with Gasteiger partial charge in [0.25, 0.3) is 0 Å². The zero-order valence-electron chi connectivity index (χ0n) is 15.0. The summed E-state index contributed by atoms with van der Waals surface area (Å²) < 4.78 is 5.19. The zero-order valence-corrected chi connectivity index (χ0v) is 15.0. The fourth-order valence-electron chi connectivity index (χ4n) is 3.42. The number of urea groups is 1. The second kappa shape index (κ2) is 8.06. The molecule has 2 aromatic carbocycles. The van der Waals surface area contributed by atoms with Gasteiger partial charge in [0.05, 0.1) is 13.2 Å². The highest BCUT2D eigenvalue weighted by Gasteiger charge is 2.16. The number of benzene rings is 2. The number of nitrogens with one attached hydrogen (secondary N) is 2. The minimum Gasteiger partial charge on any atom is -0.497 e. The molecule has 1 atom stereocenters. The molecule has 132 valence electrons. The van der Waals surface area contributed by atoms with Crippen molar-refractivity contribution in [1.29, 1.82) is 0 Å². The second-order valence-electron chi connectivity index (χ2n) is 6.53. The van der Waals surface area contributed by atoms with Crippen molar-refractivity contribution in [2.24, 2.45) is 0 Å². The summed E-state index contributed by atoms with van der Waals surface area (Å²) in [4.78, 5) is 12.4. The maximum absolute atomic E-state index is 12.4. The van der Waals surface area contributed by atoms with Crippen LogP contribution in [0.5, 0.6) is 5.75 Å². The van der Waals surface area contributed by atoms with Crippen LogP contribution in [0.1, 0.15) is 48.9 Å². The third-order valence-corrected chi connectivity index (χ3v) is 4.82. The number of anilines is 1. The maximum atomic E-state index is 12.4. The van der Waals surface area contributed by atoms with Gasteiger partial charge in [0.2, 0.25) is 0 Å². The molecule has 1 aliphatic carbocycles. The highest BCUT2D eigenvalue weighted by atomic mass is 16.5. The van der Waals surface area contributed by atoms with E-state index in [1.54, 1.807) is 13.2 Å². The summed E-state index contributed by atoms with van der Waals surface area (Å²) in [5, 5.41) is 5.97. The number of hydrogen-bond donors (Lipinski definition) is 2. The molecule has 0 spiro atoms. The average molecular weight is 338 g/mol. The van der Waals surface area contributed by atoms with Crippen molar-refractivity contribution in [2.45, 2.75) is 45.1 Å². The monoisotopic (exact) mass is 338 g/mol. The molecule has 2 N–H and O–H groups in total. The Morgan fingerprint density at radius 1 is 1.12 bits per heavy atom. The summed E-state index contributed by atoms with van der Waals surface area (Å²) in [6.45, 7) is 2.09. The third-order valence-electron chi connectivity index (χ3n) is 4.82. The molecule has 0 unspecified atom stereocenters. The van der Waals surface area contributed by atoms with E-state index in [9.17, 15) is 4.79 Å². The van der Waals surface area contributed by atoms with E-state index in [1.807, 2.05) is 18.2 Å². The minimum atomic E-state index is -0.196. The van der Waals surface area contributed by atoms with Gasteiger partial charge in [-0.05, 0) is 60.9 Å².